The number of hydrogen-bond donors (Lipinski definition) is 0. The number of nitrogens with zero attached hydrogens (tertiary/aromatic N) is 2. The number of halogens is 1. The van der Waals surface area contributed by atoms with E-state index in [1.807, 2.05) is 6.92 Å². The number of unbranched alkanes of at least 4 members (excludes halogenated alkanes) is 1. The van der Waals surface area contributed by atoms with E-state index in [1.54, 1.807) is 10.8 Å². The first-order chi connectivity index (χ1) is 8.10. The third kappa shape index (κ3) is 3.95. The van der Waals surface area contributed by atoms with E-state index in [4.69, 9.17) is 0 Å². The predicted octanol–water partition coefficient (Wildman–Crippen LogP) is 3.53. The van der Waals surface area contributed by atoms with Crippen molar-refractivity contribution < 1.29 is 0 Å². The molecule has 1 rings (SSSR count). The molecule has 0 amide bonds. The molecule has 0 N–H and O–H groups in total. The fourth-order valence-electron chi connectivity index (χ4n) is 1.94. The number of hydrogen-bond acceptors (Lipinski definition) is 2. The normalized spacial score (nSPS) is 12.7. The molecule has 1 unspecified atom stereocenters. The first-order valence-corrected chi connectivity index (χ1v) is 7.11. The lowest BCUT2D eigenvalue weighted by Crippen LogP contribution is -2.27. The van der Waals surface area contributed by atoms with Gasteiger partial charge in [-0.3, -0.25) is 9.36 Å². The third-order valence-electron chi connectivity index (χ3n) is 3.19. The minimum absolute atomic E-state index is 0.0347. The Hall–Kier alpha value is -0.640. The van der Waals surface area contributed by atoms with E-state index in [0.717, 1.165) is 18.8 Å². The summed E-state index contributed by atoms with van der Waals surface area (Å²) in [6.45, 7) is 7.06. The van der Waals surface area contributed by atoms with Gasteiger partial charge in [0.2, 0.25) is 0 Å². The Morgan fingerprint density at radius 2 is 2.18 bits per heavy atom. The number of rotatable bonds is 6. The molecular formula is C13H21BrN2O. The zero-order valence-electron chi connectivity index (χ0n) is 10.9. The first kappa shape index (κ1) is 14.4. The summed E-state index contributed by atoms with van der Waals surface area (Å²) in [4.78, 5) is 16.2. The van der Waals surface area contributed by atoms with Crippen molar-refractivity contribution in [1.82, 2.24) is 9.55 Å². The van der Waals surface area contributed by atoms with Gasteiger partial charge in [0, 0.05) is 12.7 Å². The first-order valence-electron chi connectivity index (χ1n) is 6.32. The van der Waals surface area contributed by atoms with Gasteiger partial charge in [-0.2, -0.15) is 0 Å². The van der Waals surface area contributed by atoms with Gasteiger partial charge in [0.25, 0.3) is 5.56 Å². The van der Waals surface area contributed by atoms with Crippen molar-refractivity contribution >= 4 is 15.9 Å². The van der Waals surface area contributed by atoms with E-state index in [2.05, 4.69) is 34.8 Å². The summed E-state index contributed by atoms with van der Waals surface area (Å²) >= 11 is 3.25. The predicted molar refractivity (Wildman–Crippen MR) is 74.2 cm³/mol. The second kappa shape index (κ2) is 6.94. The average molecular weight is 301 g/mol. The van der Waals surface area contributed by atoms with Gasteiger partial charge in [-0.05, 0) is 35.2 Å². The highest BCUT2D eigenvalue weighted by molar-refractivity contribution is 9.10. The van der Waals surface area contributed by atoms with Crippen LogP contribution in [0.15, 0.2) is 15.5 Å². The van der Waals surface area contributed by atoms with E-state index >= 15 is 0 Å². The minimum atomic E-state index is 0.0347. The molecule has 1 atom stereocenters. The van der Waals surface area contributed by atoms with E-state index in [1.165, 1.54) is 19.3 Å². The zero-order chi connectivity index (χ0) is 12.8. The molecule has 17 heavy (non-hydrogen) atoms. The number of aromatic nitrogens is 2. The molecule has 1 aromatic heterocycles. The largest absolute Gasteiger partial charge is 0.296 e. The average Bonchev–Trinajstić information content (AvgIpc) is 2.33. The Balaban J connectivity index is 2.86. The topological polar surface area (TPSA) is 34.9 Å². The van der Waals surface area contributed by atoms with Crippen LogP contribution in [0, 0.1) is 12.8 Å². The molecule has 0 aliphatic rings. The van der Waals surface area contributed by atoms with Gasteiger partial charge in [-0.1, -0.05) is 33.1 Å². The maximum atomic E-state index is 12.0. The molecule has 0 aliphatic carbocycles. The molecule has 0 saturated heterocycles. The summed E-state index contributed by atoms with van der Waals surface area (Å²) < 4.78 is 2.34. The Morgan fingerprint density at radius 1 is 1.47 bits per heavy atom. The molecule has 1 aromatic rings. The van der Waals surface area contributed by atoms with Crippen LogP contribution in [-0.4, -0.2) is 9.55 Å². The van der Waals surface area contributed by atoms with Gasteiger partial charge in [0.1, 0.15) is 10.3 Å². The SMILES string of the molecule is CCCCC(CC)Cn1c(C)ncc(Br)c1=O. The summed E-state index contributed by atoms with van der Waals surface area (Å²) in [6.07, 6.45) is 6.32. The lowest BCUT2D eigenvalue weighted by Gasteiger charge is -2.17. The van der Waals surface area contributed by atoms with Crippen molar-refractivity contribution in [2.45, 2.75) is 53.0 Å². The van der Waals surface area contributed by atoms with Gasteiger partial charge < -0.3 is 0 Å². The molecular weight excluding hydrogens is 280 g/mol. The molecule has 1 heterocycles. The fourth-order valence-corrected chi connectivity index (χ4v) is 2.26. The molecule has 96 valence electrons. The fraction of sp³-hybridized carbons (Fsp3) is 0.692. The lowest BCUT2D eigenvalue weighted by molar-refractivity contribution is 0.378. The van der Waals surface area contributed by atoms with Crippen molar-refractivity contribution in [2.24, 2.45) is 5.92 Å². The molecule has 3 nitrogen and oxygen atoms in total. The summed E-state index contributed by atoms with van der Waals surface area (Å²) in [6, 6.07) is 0. The Kier molecular flexibility index (Phi) is 5.89. The highest BCUT2D eigenvalue weighted by Gasteiger charge is 2.11. The summed E-state index contributed by atoms with van der Waals surface area (Å²) in [5.74, 6) is 1.37. The van der Waals surface area contributed by atoms with Crippen molar-refractivity contribution in [2.75, 3.05) is 0 Å². The highest BCUT2D eigenvalue weighted by Crippen LogP contribution is 2.15. The smallest absolute Gasteiger partial charge is 0.267 e. The van der Waals surface area contributed by atoms with Crippen LogP contribution in [0.25, 0.3) is 0 Å². The zero-order valence-corrected chi connectivity index (χ0v) is 12.5. The van der Waals surface area contributed by atoms with Crippen molar-refractivity contribution in [3.63, 3.8) is 0 Å². The standard InChI is InChI=1S/C13H21BrN2O/c1-4-6-7-11(5-2)9-16-10(3)15-8-12(14)13(16)17/h8,11H,4-7,9H2,1-3H3. The molecule has 0 aromatic carbocycles. The maximum Gasteiger partial charge on any atom is 0.267 e. The monoisotopic (exact) mass is 300 g/mol. The van der Waals surface area contributed by atoms with E-state index < -0.39 is 0 Å². The highest BCUT2D eigenvalue weighted by atomic mass is 79.9. The molecule has 0 spiro atoms. The van der Waals surface area contributed by atoms with Crippen LogP contribution in [0.4, 0.5) is 0 Å². The minimum Gasteiger partial charge on any atom is -0.296 e. The summed E-state index contributed by atoms with van der Waals surface area (Å²) in [5, 5.41) is 0. The van der Waals surface area contributed by atoms with Gasteiger partial charge in [-0.15, -0.1) is 0 Å². The van der Waals surface area contributed by atoms with Gasteiger partial charge in [-0.25, -0.2) is 4.98 Å². The molecule has 4 heteroatoms. The second-order valence-electron chi connectivity index (χ2n) is 4.49. The van der Waals surface area contributed by atoms with Crippen molar-refractivity contribution in [3.8, 4) is 0 Å². The molecule has 0 fully saturated rings. The van der Waals surface area contributed by atoms with Crippen LogP contribution in [0.2, 0.25) is 0 Å². The van der Waals surface area contributed by atoms with Crippen molar-refractivity contribution in [1.29, 1.82) is 0 Å². The van der Waals surface area contributed by atoms with Crippen LogP contribution in [0.1, 0.15) is 45.4 Å². The quantitative estimate of drug-likeness (QED) is 0.805. The van der Waals surface area contributed by atoms with Crippen LogP contribution < -0.4 is 5.56 Å². The third-order valence-corrected chi connectivity index (χ3v) is 3.73. The summed E-state index contributed by atoms with van der Waals surface area (Å²) in [7, 11) is 0. The Bertz CT molecular complexity index is 414. The maximum absolute atomic E-state index is 12.0. The van der Waals surface area contributed by atoms with Gasteiger partial charge in [0.15, 0.2) is 0 Å². The van der Waals surface area contributed by atoms with Gasteiger partial charge >= 0.3 is 0 Å². The summed E-state index contributed by atoms with van der Waals surface area (Å²) in [5.41, 5.74) is 0.0347. The van der Waals surface area contributed by atoms with Crippen LogP contribution in [0.5, 0.6) is 0 Å². The van der Waals surface area contributed by atoms with E-state index in [0.29, 0.717) is 10.4 Å². The van der Waals surface area contributed by atoms with Crippen LogP contribution in [-0.2, 0) is 6.54 Å². The van der Waals surface area contributed by atoms with E-state index in [9.17, 15) is 4.79 Å². The van der Waals surface area contributed by atoms with Gasteiger partial charge in [0.05, 0.1) is 0 Å². The van der Waals surface area contributed by atoms with E-state index in [-0.39, 0.29) is 5.56 Å². The Morgan fingerprint density at radius 3 is 2.76 bits per heavy atom. The van der Waals surface area contributed by atoms with Crippen LogP contribution >= 0.6 is 15.9 Å². The Labute approximate surface area is 111 Å². The number of aryl methyl sites for hydroxylation is 1. The van der Waals surface area contributed by atoms with Crippen molar-refractivity contribution in [3.05, 3.63) is 26.8 Å². The molecule has 0 radical (unpaired) electrons. The molecule has 0 aliphatic heterocycles. The van der Waals surface area contributed by atoms with Crippen LogP contribution in [0.3, 0.4) is 0 Å². The lowest BCUT2D eigenvalue weighted by atomic mass is 9.99. The molecule has 0 bridgehead atoms. The second-order valence-corrected chi connectivity index (χ2v) is 5.34. The molecule has 0 saturated carbocycles.